The first kappa shape index (κ1) is 20.7. The molecule has 0 spiro atoms. The van der Waals surface area contributed by atoms with Crippen molar-refractivity contribution in [3.05, 3.63) is 41.0 Å². The van der Waals surface area contributed by atoms with E-state index in [1.165, 1.54) is 0 Å². The van der Waals surface area contributed by atoms with Crippen molar-refractivity contribution in [3.63, 3.8) is 0 Å². The fourth-order valence-corrected chi connectivity index (χ4v) is 4.99. The third-order valence-electron chi connectivity index (χ3n) is 6.28. The molecule has 7 nitrogen and oxygen atoms in total. The number of Topliss-reactive ketones (excluding diaryl/α,β-unsaturated/α-hetero) is 1. The Labute approximate surface area is 193 Å². The summed E-state index contributed by atoms with van der Waals surface area (Å²) in [5, 5.41) is 10.7. The highest BCUT2D eigenvalue weighted by Crippen LogP contribution is 2.50. The highest BCUT2D eigenvalue weighted by molar-refractivity contribution is 14.1. The van der Waals surface area contributed by atoms with Crippen LogP contribution in [0.15, 0.2) is 24.3 Å². The summed E-state index contributed by atoms with van der Waals surface area (Å²) in [6, 6.07) is 7.10. The fourth-order valence-electron chi connectivity index (χ4n) is 4.50. The minimum Gasteiger partial charge on any atom is -0.493 e. The molecule has 5 rings (SSSR count). The van der Waals surface area contributed by atoms with Crippen molar-refractivity contribution in [2.45, 2.75) is 37.1 Å². The predicted octanol–water partition coefficient (Wildman–Crippen LogP) is 3.31. The molecule has 0 radical (unpaired) electrons. The van der Waals surface area contributed by atoms with E-state index in [9.17, 15) is 9.90 Å². The van der Waals surface area contributed by atoms with Gasteiger partial charge < -0.3 is 28.8 Å². The third kappa shape index (κ3) is 3.14. The number of benzene rings is 2. The Hall–Kier alpha value is -2.20. The van der Waals surface area contributed by atoms with Gasteiger partial charge in [-0.2, -0.15) is 0 Å². The Morgan fingerprint density at radius 1 is 1.16 bits per heavy atom. The van der Waals surface area contributed by atoms with Gasteiger partial charge in [-0.05, 0) is 25.1 Å². The largest absolute Gasteiger partial charge is 0.493 e. The molecule has 0 saturated heterocycles. The van der Waals surface area contributed by atoms with E-state index in [4.69, 9.17) is 23.7 Å². The SMILES string of the molecule is COc1cc2c(cc1OC)[C@@H]1C(=O)c3ccc4c(c3O[C@@H]1CO2)CC([C@](C)(O)C[123I])O4. The summed E-state index contributed by atoms with van der Waals surface area (Å²) < 4.78 is 29.6. The van der Waals surface area contributed by atoms with Crippen LogP contribution in [0.5, 0.6) is 28.7 Å². The van der Waals surface area contributed by atoms with Gasteiger partial charge in [0.25, 0.3) is 0 Å². The maximum Gasteiger partial charge on any atom is 0.178 e. The van der Waals surface area contributed by atoms with Gasteiger partial charge in [-0.25, -0.2) is 0 Å². The summed E-state index contributed by atoms with van der Waals surface area (Å²) >= 11 is 2.15. The van der Waals surface area contributed by atoms with Gasteiger partial charge in [0.05, 0.1) is 25.7 Å². The Morgan fingerprint density at radius 2 is 1.90 bits per heavy atom. The van der Waals surface area contributed by atoms with Crippen LogP contribution in [0.25, 0.3) is 0 Å². The number of hydrogen-bond donors (Lipinski definition) is 1. The van der Waals surface area contributed by atoms with Gasteiger partial charge in [0.2, 0.25) is 0 Å². The molecular formula is C23H23IO7. The molecule has 3 aliphatic rings. The van der Waals surface area contributed by atoms with Crippen LogP contribution in [0, 0.1) is 0 Å². The molecule has 8 heteroatoms. The van der Waals surface area contributed by atoms with E-state index in [-0.39, 0.29) is 18.5 Å². The minimum atomic E-state index is -0.976. The second-order valence-electron chi connectivity index (χ2n) is 8.27. The molecule has 164 valence electrons. The first-order valence-corrected chi connectivity index (χ1v) is 11.6. The Kier molecular flexibility index (Phi) is 4.97. The van der Waals surface area contributed by atoms with Crippen molar-refractivity contribution in [1.29, 1.82) is 0 Å². The quantitative estimate of drug-likeness (QED) is 0.476. The van der Waals surface area contributed by atoms with Crippen LogP contribution in [0.1, 0.15) is 34.3 Å². The second-order valence-corrected chi connectivity index (χ2v) is 9.04. The highest BCUT2D eigenvalue weighted by atomic mass is 123. The summed E-state index contributed by atoms with van der Waals surface area (Å²) in [7, 11) is 3.12. The van der Waals surface area contributed by atoms with Crippen molar-refractivity contribution >= 4 is 28.4 Å². The van der Waals surface area contributed by atoms with Crippen molar-refractivity contribution < 1.29 is 33.6 Å². The lowest BCUT2D eigenvalue weighted by atomic mass is 9.81. The van der Waals surface area contributed by atoms with Gasteiger partial charge in [0.1, 0.15) is 41.7 Å². The highest BCUT2D eigenvalue weighted by Gasteiger charge is 2.47. The van der Waals surface area contributed by atoms with Crippen LogP contribution in [-0.2, 0) is 6.42 Å². The molecule has 1 N–H and O–H groups in total. The zero-order chi connectivity index (χ0) is 21.9. The Morgan fingerprint density at radius 3 is 2.61 bits per heavy atom. The number of fused-ring (bicyclic) bond motifs is 6. The lowest BCUT2D eigenvalue weighted by Gasteiger charge is -2.37. The molecule has 0 amide bonds. The van der Waals surface area contributed by atoms with Crippen molar-refractivity contribution in [1.82, 2.24) is 0 Å². The smallest absolute Gasteiger partial charge is 0.178 e. The van der Waals surface area contributed by atoms with Crippen LogP contribution < -0.4 is 23.7 Å². The number of hydrogen-bond acceptors (Lipinski definition) is 7. The maximum absolute atomic E-state index is 13.6. The number of aliphatic hydroxyl groups is 1. The summed E-state index contributed by atoms with van der Waals surface area (Å²) in [4.78, 5) is 13.6. The molecule has 0 aliphatic carbocycles. The van der Waals surface area contributed by atoms with E-state index in [1.807, 2.05) is 0 Å². The minimum absolute atomic E-state index is 0.0186. The average molecular weight is 534 g/mol. The van der Waals surface area contributed by atoms with Gasteiger partial charge >= 0.3 is 0 Å². The van der Waals surface area contributed by atoms with Crippen molar-refractivity contribution in [3.8, 4) is 28.7 Å². The lowest BCUT2D eigenvalue weighted by molar-refractivity contribution is -0.0167. The Bertz CT molecular complexity index is 1060. The van der Waals surface area contributed by atoms with Crippen LogP contribution >= 0.6 is 22.6 Å². The van der Waals surface area contributed by atoms with Crippen molar-refractivity contribution in [2.24, 2.45) is 0 Å². The van der Waals surface area contributed by atoms with Gasteiger partial charge in [0.15, 0.2) is 17.3 Å². The molecule has 0 aromatic heterocycles. The third-order valence-corrected chi connectivity index (χ3v) is 7.83. The first-order valence-electron chi connectivity index (χ1n) is 10.1. The van der Waals surface area contributed by atoms with Crippen LogP contribution in [0.2, 0.25) is 0 Å². The molecule has 3 aliphatic heterocycles. The average Bonchev–Trinajstić information content (AvgIpc) is 3.23. The molecule has 0 bridgehead atoms. The number of alkyl halides is 1. The monoisotopic (exact) mass is 534 g/mol. The van der Waals surface area contributed by atoms with Gasteiger partial charge in [-0.15, -0.1) is 0 Å². The molecule has 4 atom stereocenters. The van der Waals surface area contributed by atoms with E-state index < -0.39 is 17.6 Å². The van der Waals surface area contributed by atoms with Crippen LogP contribution in [-0.4, -0.2) is 54.0 Å². The summed E-state index contributed by atoms with van der Waals surface area (Å²) in [5.74, 6) is 2.37. The predicted molar refractivity (Wildman–Crippen MR) is 121 cm³/mol. The zero-order valence-electron chi connectivity index (χ0n) is 17.4. The topological polar surface area (TPSA) is 83.5 Å². The molecular weight excluding hydrogens is 511 g/mol. The summed E-state index contributed by atoms with van der Waals surface area (Å²) in [6.07, 6.45) is -0.356. The van der Waals surface area contributed by atoms with Gasteiger partial charge in [-0.1, -0.05) is 22.6 Å². The Balaban J connectivity index is 1.55. The number of carbonyl (C=O) groups excluding carboxylic acids is 1. The van der Waals surface area contributed by atoms with Crippen LogP contribution in [0.3, 0.4) is 0 Å². The molecule has 2 aromatic rings. The number of ether oxygens (including phenoxy) is 5. The number of ketones is 1. The van der Waals surface area contributed by atoms with Gasteiger partial charge in [-0.3, -0.25) is 4.79 Å². The lowest BCUT2D eigenvalue weighted by Crippen LogP contribution is -2.44. The number of rotatable bonds is 4. The van der Waals surface area contributed by atoms with E-state index in [1.54, 1.807) is 45.4 Å². The molecule has 2 aromatic carbocycles. The summed E-state index contributed by atoms with van der Waals surface area (Å²) in [6.45, 7) is 2.01. The van der Waals surface area contributed by atoms with Crippen molar-refractivity contribution in [2.75, 3.05) is 25.3 Å². The van der Waals surface area contributed by atoms with E-state index in [0.29, 0.717) is 45.2 Å². The number of methoxy groups -OCH3 is 2. The summed E-state index contributed by atoms with van der Waals surface area (Å²) in [5.41, 5.74) is 1.11. The molecule has 3 heterocycles. The number of carbonyl (C=O) groups is 1. The van der Waals surface area contributed by atoms with Crippen LogP contribution in [0.4, 0.5) is 0 Å². The molecule has 0 saturated carbocycles. The molecule has 1 unspecified atom stereocenters. The van der Waals surface area contributed by atoms with E-state index in [2.05, 4.69) is 22.6 Å². The fraction of sp³-hybridized carbons (Fsp3) is 0.435. The van der Waals surface area contributed by atoms with Gasteiger partial charge in [0, 0.05) is 28.0 Å². The van der Waals surface area contributed by atoms with E-state index >= 15 is 0 Å². The zero-order valence-corrected chi connectivity index (χ0v) is 19.6. The second kappa shape index (κ2) is 7.44. The van der Waals surface area contributed by atoms with E-state index in [0.717, 1.165) is 11.1 Å². The number of halogens is 1. The molecule has 0 fully saturated rings. The maximum atomic E-state index is 13.6. The molecule has 31 heavy (non-hydrogen) atoms. The first-order chi connectivity index (χ1) is 14.9. The standard InChI is InChI=1S/C23H23IO7/c1-23(26,10-24)19-7-13-14(30-19)5-4-11-21(25)20-12-6-16(27-2)17(28-3)8-15(12)29-9-18(20)31-22(11)13/h4-6,8,18-20,26H,7,9-10H2,1-3H3/t18-,19?,20+,23-/m1/s1/i24-4. The normalized spacial score (nSPS) is 24.9.